The van der Waals surface area contributed by atoms with Crippen LogP contribution in [-0.2, 0) is 4.43 Å². The topological polar surface area (TPSA) is 24.8 Å². The molecule has 0 heterocycles. The maximum absolute atomic E-state index is 5.93. The summed E-state index contributed by atoms with van der Waals surface area (Å²) in [6.45, 7) is 8.60. The quantitative estimate of drug-likeness (QED) is 0.356. The molecule has 0 saturated heterocycles. The Balaban J connectivity index is 2.13. The van der Waals surface area contributed by atoms with Gasteiger partial charge in [-0.1, -0.05) is 58.9 Å². The van der Waals surface area contributed by atoms with Gasteiger partial charge in [-0.3, -0.25) is 0 Å². The van der Waals surface area contributed by atoms with E-state index < -0.39 is 8.32 Å². The standard InChI is InChI=1S/C18H21BrN2OSi/c1-16(19)23(2,3)22-15-14-20-21(17-10-6-4-7-11-17)18-12-8-5-9-13-18/h4-14H,1,15H2,2-3H3/b20-14+. The molecule has 0 fully saturated rings. The highest BCUT2D eigenvalue weighted by molar-refractivity contribution is 9.12. The van der Waals surface area contributed by atoms with Gasteiger partial charge in [0, 0.05) is 10.3 Å². The molecule has 0 amide bonds. The number of nitrogens with zero attached hydrogens (tertiary/aromatic N) is 2. The number of benzene rings is 2. The normalized spacial score (nSPS) is 11.6. The van der Waals surface area contributed by atoms with Crippen LogP contribution in [0.5, 0.6) is 0 Å². The largest absolute Gasteiger partial charge is 0.407 e. The van der Waals surface area contributed by atoms with Crippen LogP contribution in [-0.4, -0.2) is 21.1 Å². The van der Waals surface area contributed by atoms with Crippen LogP contribution in [0.3, 0.4) is 0 Å². The van der Waals surface area contributed by atoms with E-state index in [2.05, 4.69) is 40.7 Å². The van der Waals surface area contributed by atoms with Crippen LogP contribution in [0.15, 0.2) is 76.4 Å². The molecule has 0 aliphatic heterocycles. The van der Waals surface area contributed by atoms with E-state index in [-0.39, 0.29) is 0 Å². The predicted molar refractivity (Wildman–Crippen MR) is 105 cm³/mol. The molecule has 0 saturated carbocycles. The van der Waals surface area contributed by atoms with E-state index in [1.807, 2.05) is 65.7 Å². The Bertz CT molecular complexity index is 620. The maximum Gasteiger partial charge on any atom is 0.224 e. The Morgan fingerprint density at radius 1 is 1.09 bits per heavy atom. The van der Waals surface area contributed by atoms with Crippen molar-refractivity contribution in [2.75, 3.05) is 11.6 Å². The minimum absolute atomic E-state index is 0.458. The predicted octanol–water partition coefficient (Wildman–Crippen LogP) is 5.48. The van der Waals surface area contributed by atoms with Gasteiger partial charge in [0.2, 0.25) is 8.32 Å². The first-order valence-corrected chi connectivity index (χ1v) is 11.1. The van der Waals surface area contributed by atoms with Crippen molar-refractivity contribution in [1.82, 2.24) is 0 Å². The van der Waals surface area contributed by atoms with Gasteiger partial charge in [0.25, 0.3) is 0 Å². The summed E-state index contributed by atoms with van der Waals surface area (Å²) in [5.74, 6) is 0. The second-order valence-corrected chi connectivity index (χ2v) is 11.1. The molecule has 0 spiro atoms. The first kappa shape index (κ1) is 17.7. The molecule has 0 atom stereocenters. The highest BCUT2D eigenvalue weighted by atomic mass is 79.9. The van der Waals surface area contributed by atoms with Gasteiger partial charge >= 0.3 is 0 Å². The minimum atomic E-state index is -1.90. The lowest BCUT2D eigenvalue weighted by Gasteiger charge is -2.21. The summed E-state index contributed by atoms with van der Waals surface area (Å²) >= 11 is 3.44. The third-order valence-electron chi connectivity index (χ3n) is 3.37. The Morgan fingerprint density at radius 2 is 1.57 bits per heavy atom. The molecule has 0 unspecified atom stereocenters. The van der Waals surface area contributed by atoms with Gasteiger partial charge in [0.05, 0.1) is 18.0 Å². The average Bonchev–Trinajstić information content (AvgIpc) is 2.56. The molecular formula is C18H21BrN2OSi. The zero-order chi connectivity index (χ0) is 16.7. The lowest BCUT2D eigenvalue weighted by Crippen LogP contribution is -2.31. The van der Waals surface area contributed by atoms with Crippen LogP contribution in [0.4, 0.5) is 11.4 Å². The number of hydrogen-bond acceptors (Lipinski definition) is 3. The molecule has 0 bridgehead atoms. The third-order valence-corrected chi connectivity index (χ3v) is 8.43. The third kappa shape index (κ3) is 5.16. The van der Waals surface area contributed by atoms with Crippen molar-refractivity contribution in [3.05, 3.63) is 71.3 Å². The van der Waals surface area contributed by atoms with Gasteiger partial charge in [-0.2, -0.15) is 5.10 Å². The summed E-state index contributed by atoms with van der Waals surface area (Å²) < 4.78 is 6.88. The summed E-state index contributed by atoms with van der Waals surface area (Å²) in [7, 11) is -1.90. The Morgan fingerprint density at radius 3 is 2.00 bits per heavy atom. The molecule has 2 aromatic carbocycles. The first-order valence-electron chi connectivity index (χ1n) is 7.42. The van der Waals surface area contributed by atoms with Gasteiger partial charge in [-0.15, -0.1) is 0 Å². The average molecular weight is 389 g/mol. The molecule has 120 valence electrons. The van der Waals surface area contributed by atoms with E-state index in [1.165, 1.54) is 0 Å². The van der Waals surface area contributed by atoms with Crippen LogP contribution in [0.2, 0.25) is 13.1 Å². The van der Waals surface area contributed by atoms with Crippen LogP contribution in [0.1, 0.15) is 0 Å². The van der Waals surface area contributed by atoms with Crippen molar-refractivity contribution in [1.29, 1.82) is 0 Å². The number of halogens is 1. The summed E-state index contributed by atoms with van der Waals surface area (Å²) in [5.41, 5.74) is 2.02. The lowest BCUT2D eigenvalue weighted by atomic mass is 10.2. The van der Waals surface area contributed by atoms with E-state index in [1.54, 1.807) is 6.21 Å². The zero-order valence-corrected chi connectivity index (χ0v) is 16.0. The molecule has 0 N–H and O–H groups in total. The molecule has 0 radical (unpaired) electrons. The molecular weight excluding hydrogens is 368 g/mol. The van der Waals surface area contributed by atoms with Crippen molar-refractivity contribution in [2.24, 2.45) is 5.10 Å². The fraction of sp³-hybridized carbons (Fsp3) is 0.167. The number of anilines is 2. The molecule has 2 aromatic rings. The number of hydrogen-bond donors (Lipinski definition) is 0. The van der Waals surface area contributed by atoms with Crippen LogP contribution in [0.25, 0.3) is 0 Å². The van der Waals surface area contributed by atoms with Crippen molar-refractivity contribution in [3.63, 3.8) is 0 Å². The van der Waals surface area contributed by atoms with Gasteiger partial charge < -0.3 is 4.43 Å². The molecule has 2 rings (SSSR count). The summed E-state index contributed by atoms with van der Waals surface area (Å²) in [5, 5.41) is 6.49. The first-order chi connectivity index (χ1) is 11.0. The monoisotopic (exact) mass is 388 g/mol. The Labute approximate surface area is 147 Å². The van der Waals surface area contributed by atoms with Crippen molar-refractivity contribution >= 4 is 41.8 Å². The summed E-state index contributed by atoms with van der Waals surface area (Å²) in [6.07, 6.45) is 1.80. The number of hydrazone groups is 1. The number of rotatable bonds is 7. The number of para-hydroxylation sites is 2. The molecule has 0 aromatic heterocycles. The van der Waals surface area contributed by atoms with E-state index >= 15 is 0 Å². The minimum Gasteiger partial charge on any atom is -0.407 e. The molecule has 23 heavy (non-hydrogen) atoms. The molecule has 0 aliphatic rings. The molecule has 5 heteroatoms. The van der Waals surface area contributed by atoms with E-state index in [4.69, 9.17) is 4.43 Å². The Hall–Kier alpha value is -1.69. The summed E-state index contributed by atoms with van der Waals surface area (Å²) in [4.78, 5) is 0. The summed E-state index contributed by atoms with van der Waals surface area (Å²) in [6, 6.07) is 20.1. The van der Waals surface area contributed by atoms with E-state index in [0.717, 1.165) is 15.5 Å². The van der Waals surface area contributed by atoms with Gasteiger partial charge in [0.15, 0.2) is 0 Å². The van der Waals surface area contributed by atoms with Crippen LogP contribution < -0.4 is 5.01 Å². The zero-order valence-electron chi connectivity index (χ0n) is 13.4. The van der Waals surface area contributed by atoms with Gasteiger partial charge in [-0.25, -0.2) is 5.01 Å². The lowest BCUT2D eigenvalue weighted by molar-refractivity contribution is 0.379. The molecule has 0 aliphatic carbocycles. The second-order valence-electron chi connectivity index (χ2n) is 5.51. The second kappa shape index (κ2) is 8.24. The molecule has 3 nitrogen and oxygen atoms in total. The van der Waals surface area contributed by atoms with Gasteiger partial charge in [-0.05, 0) is 37.4 Å². The fourth-order valence-corrected chi connectivity index (χ4v) is 2.85. The van der Waals surface area contributed by atoms with Crippen molar-refractivity contribution < 1.29 is 4.43 Å². The van der Waals surface area contributed by atoms with Crippen molar-refractivity contribution in [3.8, 4) is 0 Å². The fourth-order valence-electron chi connectivity index (χ4n) is 1.86. The smallest absolute Gasteiger partial charge is 0.224 e. The van der Waals surface area contributed by atoms with Gasteiger partial charge in [0.1, 0.15) is 0 Å². The van der Waals surface area contributed by atoms with Crippen LogP contribution >= 0.6 is 15.9 Å². The van der Waals surface area contributed by atoms with Crippen molar-refractivity contribution in [2.45, 2.75) is 13.1 Å². The maximum atomic E-state index is 5.93. The van der Waals surface area contributed by atoms with E-state index in [9.17, 15) is 0 Å². The highest BCUT2D eigenvalue weighted by Gasteiger charge is 2.24. The van der Waals surface area contributed by atoms with Crippen LogP contribution in [0, 0.1) is 0 Å². The highest BCUT2D eigenvalue weighted by Crippen LogP contribution is 2.25. The SMILES string of the molecule is C=C(Br)[Si](C)(C)OC/C=N/N(c1ccccc1)c1ccccc1. The van der Waals surface area contributed by atoms with E-state index in [0.29, 0.717) is 6.61 Å². The Kier molecular flexibility index (Phi) is 6.33.